The van der Waals surface area contributed by atoms with Gasteiger partial charge >= 0.3 is 5.97 Å². The molecule has 0 aliphatic carbocycles. The number of aliphatic hydroxyl groups is 1. The zero-order valence-corrected chi connectivity index (χ0v) is 9.17. The SMILES string of the molecule is C=CC[C@H](C(=O)OC)[C@H](O)c1cccnc1. The molecule has 0 saturated carbocycles. The van der Waals surface area contributed by atoms with E-state index in [2.05, 4.69) is 16.3 Å². The Hall–Kier alpha value is -1.68. The van der Waals surface area contributed by atoms with Crippen molar-refractivity contribution in [1.82, 2.24) is 4.98 Å². The summed E-state index contributed by atoms with van der Waals surface area (Å²) in [6, 6.07) is 3.43. The van der Waals surface area contributed by atoms with Crippen LogP contribution < -0.4 is 0 Å². The molecule has 0 fully saturated rings. The van der Waals surface area contributed by atoms with E-state index in [1.807, 2.05) is 0 Å². The van der Waals surface area contributed by atoms with E-state index >= 15 is 0 Å². The first-order valence-electron chi connectivity index (χ1n) is 4.97. The van der Waals surface area contributed by atoms with E-state index in [0.717, 1.165) is 0 Å². The fraction of sp³-hybridized carbons (Fsp3) is 0.333. The summed E-state index contributed by atoms with van der Waals surface area (Å²) < 4.78 is 4.64. The average molecular weight is 221 g/mol. The van der Waals surface area contributed by atoms with Crippen LogP contribution in [0.3, 0.4) is 0 Å². The first-order valence-corrected chi connectivity index (χ1v) is 4.97. The van der Waals surface area contributed by atoms with Crippen molar-refractivity contribution in [2.45, 2.75) is 12.5 Å². The van der Waals surface area contributed by atoms with Crippen molar-refractivity contribution in [3.8, 4) is 0 Å². The van der Waals surface area contributed by atoms with Gasteiger partial charge in [-0.15, -0.1) is 6.58 Å². The van der Waals surface area contributed by atoms with Crippen molar-refractivity contribution in [3.63, 3.8) is 0 Å². The molecule has 0 aliphatic rings. The van der Waals surface area contributed by atoms with Gasteiger partial charge in [0.25, 0.3) is 0 Å². The molecular formula is C12H15NO3. The van der Waals surface area contributed by atoms with Gasteiger partial charge in [-0.3, -0.25) is 9.78 Å². The van der Waals surface area contributed by atoms with Gasteiger partial charge in [0.05, 0.1) is 19.1 Å². The monoisotopic (exact) mass is 221 g/mol. The molecule has 1 heterocycles. The fourth-order valence-corrected chi connectivity index (χ4v) is 1.47. The molecule has 1 aromatic rings. The maximum Gasteiger partial charge on any atom is 0.311 e. The minimum atomic E-state index is -0.917. The van der Waals surface area contributed by atoms with Gasteiger partial charge in [-0.05, 0) is 18.1 Å². The van der Waals surface area contributed by atoms with Crippen LogP contribution >= 0.6 is 0 Å². The topological polar surface area (TPSA) is 59.4 Å². The van der Waals surface area contributed by atoms with Gasteiger partial charge in [0.15, 0.2) is 0 Å². The van der Waals surface area contributed by atoms with Crippen molar-refractivity contribution in [2.75, 3.05) is 7.11 Å². The number of pyridine rings is 1. The summed E-state index contributed by atoms with van der Waals surface area (Å²) in [6.07, 6.45) is 4.17. The highest BCUT2D eigenvalue weighted by molar-refractivity contribution is 5.73. The standard InChI is InChI=1S/C12H15NO3/c1-3-5-10(12(15)16-2)11(14)9-6-4-7-13-8-9/h3-4,6-8,10-11,14H,1,5H2,2H3/t10-,11+/m0/s1. The number of carbonyl (C=O) groups excluding carboxylic acids is 1. The minimum Gasteiger partial charge on any atom is -0.469 e. The van der Waals surface area contributed by atoms with Crippen molar-refractivity contribution in [1.29, 1.82) is 0 Å². The quantitative estimate of drug-likeness (QED) is 0.604. The summed E-state index contributed by atoms with van der Waals surface area (Å²) in [7, 11) is 1.30. The summed E-state index contributed by atoms with van der Waals surface area (Å²) in [4.78, 5) is 15.4. The number of esters is 1. The number of aromatic nitrogens is 1. The molecule has 1 aromatic heterocycles. The van der Waals surface area contributed by atoms with E-state index in [-0.39, 0.29) is 0 Å². The highest BCUT2D eigenvalue weighted by Gasteiger charge is 2.27. The number of ether oxygens (including phenoxy) is 1. The molecule has 0 bridgehead atoms. The average Bonchev–Trinajstić information content (AvgIpc) is 2.35. The lowest BCUT2D eigenvalue weighted by molar-refractivity contribution is -0.149. The van der Waals surface area contributed by atoms with Crippen LogP contribution in [0.25, 0.3) is 0 Å². The maximum atomic E-state index is 11.5. The summed E-state index contributed by atoms with van der Waals surface area (Å²) in [5.74, 6) is -1.08. The zero-order valence-electron chi connectivity index (χ0n) is 9.17. The predicted octanol–water partition coefficient (Wildman–Crippen LogP) is 1.48. The van der Waals surface area contributed by atoms with E-state index in [1.165, 1.54) is 13.3 Å². The van der Waals surface area contributed by atoms with Gasteiger partial charge in [-0.2, -0.15) is 0 Å². The lowest BCUT2D eigenvalue weighted by Crippen LogP contribution is -2.23. The van der Waals surface area contributed by atoms with E-state index in [4.69, 9.17) is 0 Å². The molecule has 86 valence electrons. The third-order valence-electron chi connectivity index (χ3n) is 2.33. The molecule has 0 saturated heterocycles. The largest absolute Gasteiger partial charge is 0.469 e. The third-order valence-corrected chi connectivity index (χ3v) is 2.33. The first kappa shape index (κ1) is 12.4. The molecular weight excluding hydrogens is 206 g/mol. The van der Waals surface area contributed by atoms with Crippen molar-refractivity contribution in [3.05, 3.63) is 42.7 Å². The smallest absolute Gasteiger partial charge is 0.311 e. The molecule has 0 aromatic carbocycles. The van der Waals surface area contributed by atoms with Crippen LogP contribution in [-0.2, 0) is 9.53 Å². The van der Waals surface area contributed by atoms with Crippen LogP contribution in [0.2, 0.25) is 0 Å². The highest BCUT2D eigenvalue weighted by Crippen LogP contribution is 2.25. The molecule has 1 N–H and O–H groups in total. The Kier molecular flexibility index (Phi) is 4.66. The van der Waals surface area contributed by atoms with E-state index in [0.29, 0.717) is 12.0 Å². The van der Waals surface area contributed by atoms with Gasteiger partial charge in [-0.1, -0.05) is 12.1 Å². The second kappa shape index (κ2) is 6.02. The Morgan fingerprint density at radius 1 is 1.75 bits per heavy atom. The number of hydrogen-bond acceptors (Lipinski definition) is 4. The molecule has 4 nitrogen and oxygen atoms in total. The lowest BCUT2D eigenvalue weighted by atomic mass is 9.94. The Morgan fingerprint density at radius 3 is 3.00 bits per heavy atom. The second-order valence-electron chi connectivity index (χ2n) is 3.39. The molecule has 0 amide bonds. The van der Waals surface area contributed by atoms with Crippen LogP contribution in [0.15, 0.2) is 37.2 Å². The number of nitrogens with zero attached hydrogens (tertiary/aromatic N) is 1. The predicted molar refractivity (Wildman–Crippen MR) is 59.5 cm³/mol. The Labute approximate surface area is 94.6 Å². The Bertz CT molecular complexity index is 351. The van der Waals surface area contributed by atoms with Crippen molar-refractivity contribution in [2.24, 2.45) is 5.92 Å². The fourth-order valence-electron chi connectivity index (χ4n) is 1.47. The van der Waals surface area contributed by atoms with Gasteiger partial charge < -0.3 is 9.84 Å². The van der Waals surface area contributed by atoms with Crippen LogP contribution in [0, 0.1) is 5.92 Å². The number of rotatable bonds is 5. The number of allylic oxidation sites excluding steroid dienone is 1. The summed E-state index contributed by atoms with van der Waals surface area (Å²) in [5, 5.41) is 10.0. The maximum absolute atomic E-state index is 11.5. The Morgan fingerprint density at radius 2 is 2.50 bits per heavy atom. The van der Waals surface area contributed by atoms with Crippen LogP contribution in [0.5, 0.6) is 0 Å². The molecule has 16 heavy (non-hydrogen) atoms. The molecule has 2 atom stereocenters. The third kappa shape index (κ3) is 2.90. The van der Waals surface area contributed by atoms with Crippen LogP contribution in [-0.4, -0.2) is 23.2 Å². The van der Waals surface area contributed by atoms with Crippen molar-refractivity contribution >= 4 is 5.97 Å². The number of aliphatic hydroxyl groups excluding tert-OH is 1. The Balaban J connectivity index is 2.86. The normalized spacial score (nSPS) is 13.9. The summed E-state index contributed by atoms with van der Waals surface area (Å²) >= 11 is 0. The van der Waals surface area contributed by atoms with Gasteiger partial charge in [0.1, 0.15) is 0 Å². The number of hydrogen-bond donors (Lipinski definition) is 1. The molecule has 4 heteroatoms. The summed E-state index contributed by atoms with van der Waals surface area (Å²) in [5.41, 5.74) is 0.597. The van der Waals surface area contributed by atoms with E-state index in [1.54, 1.807) is 24.4 Å². The van der Waals surface area contributed by atoms with E-state index < -0.39 is 18.0 Å². The first-order chi connectivity index (χ1) is 7.70. The van der Waals surface area contributed by atoms with Gasteiger partial charge in [0.2, 0.25) is 0 Å². The number of methoxy groups -OCH3 is 1. The second-order valence-corrected chi connectivity index (χ2v) is 3.39. The summed E-state index contributed by atoms with van der Waals surface area (Å²) in [6.45, 7) is 3.56. The minimum absolute atomic E-state index is 0.364. The molecule has 0 unspecified atom stereocenters. The highest BCUT2D eigenvalue weighted by atomic mass is 16.5. The molecule has 0 spiro atoms. The lowest BCUT2D eigenvalue weighted by Gasteiger charge is -2.19. The zero-order chi connectivity index (χ0) is 12.0. The van der Waals surface area contributed by atoms with E-state index in [9.17, 15) is 9.90 Å². The molecule has 1 rings (SSSR count). The molecule has 0 radical (unpaired) electrons. The van der Waals surface area contributed by atoms with Gasteiger partial charge in [0, 0.05) is 12.4 Å². The van der Waals surface area contributed by atoms with Crippen molar-refractivity contribution < 1.29 is 14.6 Å². The van der Waals surface area contributed by atoms with Gasteiger partial charge in [-0.25, -0.2) is 0 Å². The van der Waals surface area contributed by atoms with Crippen LogP contribution in [0.1, 0.15) is 18.1 Å². The number of carbonyl (C=O) groups is 1. The van der Waals surface area contributed by atoms with Crippen LogP contribution in [0.4, 0.5) is 0 Å². The molecule has 0 aliphatic heterocycles.